The van der Waals surface area contributed by atoms with Crippen molar-refractivity contribution < 1.29 is 4.79 Å². The van der Waals surface area contributed by atoms with E-state index in [1.165, 1.54) is 0 Å². The summed E-state index contributed by atoms with van der Waals surface area (Å²) < 4.78 is 0. The van der Waals surface area contributed by atoms with E-state index in [1.807, 2.05) is 24.3 Å². The Hall–Kier alpha value is -1.08. The van der Waals surface area contributed by atoms with Crippen LogP contribution in [0, 0.1) is 0 Å². The number of carbonyl (C=O) groups excluding carboxylic acids is 1. The van der Waals surface area contributed by atoms with Gasteiger partial charge in [-0.25, -0.2) is 0 Å². The molecule has 0 N–H and O–H groups in total. The van der Waals surface area contributed by atoms with E-state index in [4.69, 9.17) is 11.6 Å². The Morgan fingerprint density at radius 1 is 1.25 bits per heavy atom. The summed E-state index contributed by atoms with van der Waals surface area (Å²) in [5, 5.41) is 0.341. The number of fused-ring (bicyclic) bond motifs is 1. The summed E-state index contributed by atoms with van der Waals surface area (Å²) in [4.78, 5) is 11.4. The molecule has 60 valence electrons. The fourth-order valence-corrected chi connectivity index (χ4v) is 1.52. The Morgan fingerprint density at radius 2 is 2.00 bits per heavy atom. The summed E-state index contributed by atoms with van der Waals surface area (Å²) in [7, 11) is 0. The number of hydrogen-bond donors (Lipinski definition) is 0. The minimum Gasteiger partial charge on any atom is -0.288 e. The molecule has 1 aliphatic carbocycles. The minimum atomic E-state index is -0.0569. The van der Waals surface area contributed by atoms with E-state index >= 15 is 0 Å². The molecule has 0 amide bonds. The number of halogens is 1. The summed E-state index contributed by atoms with van der Waals surface area (Å²) in [6.45, 7) is 0. The molecule has 1 aromatic rings. The first kappa shape index (κ1) is 7.56. The molecule has 0 radical (unpaired) electrons. The third kappa shape index (κ3) is 1.07. The van der Waals surface area contributed by atoms with Crippen molar-refractivity contribution >= 4 is 17.4 Å². The van der Waals surface area contributed by atoms with Crippen LogP contribution in [0.1, 0.15) is 15.9 Å². The standard InChI is InChI=1S/C10H7ClO/c11-9-6-5-7-3-1-2-4-8(7)10(9)12/h1-4,6H,5H2. The first-order valence-electron chi connectivity index (χ1n) is 3.77. The highest BCUT2D eigenvalue weighted by Gasteiger charge is 2.17. The zero-order chi connectivity index (χ0) is 8.55. The van der Waals surface area contributed by atoms with Gasteiger partial charge in [0.1, 0.15) is 0 Å². The van der Waals surface area contributed by atoms with Gasteiger partial charge in [-0.15, -0.1) is 0 Å². The van der Waals surface area contributed by atoms with E-state index < -0.39 is 0 Å². The molecule has 0 saturated heterocycles. The number of carbonyl (C=O) groups is 1. The molecule has 1 aliphatic rings. The number of ketones is 1. The van der Waals surface area contributed by atoms with Gasteiger partial charge in [-0.05, 0) is 12.0 Å². The molecule has 0 aromatic heterocycles. The number of allylic oxidation sites excluding steroid dienone is 2. The van der Waals surface area contributed by atoms with Crippen molar-refractivity contribution in [2.45, 2.75) is 6.42 Å². The Morgan fingerprint density at radius 3 is 2.83 bits per heavy atom. The second-order valence-electron chi connectivity index (χ2n) is 2.74. The Labute approximate surface area is 75.7 Å². The van der Waals surface area contributed by atoms with Crippen molar-refractivity contribution in [2.24, 2.45) is 0 Å². The first-order chi connectivity index (χ1) is 5.79. The number of benzene rings is 1. The largest absolute Gasteiger partial charge is 0.288 e. The van der Waals surface area contributed by atoms with Crippen molar-refractivity contribution in [1.29, 1.82) is 0 Å². The van der Waals surface area contributed by atoms with Gasteiger partial charge in [0, 0.05) is 5.56 Å². The van der Waals surface area contributed by atoms with Gasteiger partial charge in [-0.2, -0.15) is 0 Å². The second kappa shape index (κ2) is 2.76. The third-order valence-electron chi connectivity index (χ3n) is 1.98. The molecule has 0 atom stereocenters. The summed E-state index contributed by atoms with van der Waals surface area (Å²) in [5.74, 6) is -0.0569. The number of rotatable bonds is 0. The smallest absolute Gasteiger partial charge is 0.204 e. The van der Waals surface area contributed by atoms with Crippen LogP contribution in [0.4, 0.5) is 0 Å². The van der Waals surface area contributed by atoms with Crippen LogP contribution in [-0.2, 0) is 6.42 Å². The van der Waals surface area contributed by atoms with E-state index in [9.17, 15) is 4.79 Å². The monoisotopic (exact) mass is 178 g/mol. The molecule has 0 fully saturated rings. The number of Topliss-reactive ketones (excluding diaryl/α,β-unsaturated/α-hetero) is 1. The van der Waals surface area contributed by atoms with Crippen LogP contribution in [0.3, 0.4) is 0 Å². The van der Waals surface area contributed by atoms with Gasteiger partial charge in [-0.3, -0.25) is 4.79 Å². The maximum Gasteiger partial charge on any atom is 0.204 e. The van der Waals surface area contributed by atoms with Crippen molar-refractivity contribution in [2.75, 3.05) is 0 Å². The van der Waals surface area contributed by atoms with Crippen LogP contribution in [0.25, 0.3) is 0 Å². The Balaban J connectivity index is 2.57. The van der Waals surface area contributed by atoms with Gasteiger partial charge in [0.05, 0.1) is 5.03 Å². The first-order valence-corrected chi connectivity index (χ1v) is 4.15. The van der Waals surface area contributed by atoms with Crippen LogP contribution in [0.5, 0.6) is 0 Å². The molecule has 12 heavy (non-hydrogen) atoms. The van der Waals surface area contributed by atoms with Gasteiger partial charge in [0.25, 0.3) is 0 Å². The summed E-state index contributed by atoms with van der Waals surface area (Å²) in [6.07, 6.45) is 2.52. The normalized spacial score (nSPS) is 15.4. The van der Waals surface area contributed by atoms with Gasteiger partial charge >= 0.3 is 0 Å². The molecule has 0 spiro atoms. The van der Waals surface area contributed by atoms with Crippen LogP contribution in [-0.4, -0.2) is 5.78 Å². The van der Waals surface area contributed by atoms with Crippen LogP contribution < -0.4 is 0 Å². The molecular formula is C10H7ClO. The lowest BCUT2D eigenvalue weighted by atomic mass is 9.96. The highest BCUT2D eigenvalue weighted by atomic mass is 35.5. The lowest BCUT2D eigenvalue weighted by molar-refractivity contribution is 0.103. The van der Waals surface area contributed by atoms with Crippen molar-refractivity contribution in [3.05, 3.63) is 46.5 Å². The van der Waals surface area contributed by atoms with E-state index in [0.29, 0.717) is 5.03 Å². The fraction of sp³-hybridized carbons (Fsp3) is 0.100. The van der Waals surface area contributed by atoms with Gasteiger partial charge < -0.3 is 0 Å². The van der Waals surface area contributed by atoms with Gasteiger partial charge in [0.15, 0.2) is 0 Å². The predicted octanol–water partition coefficient (Wildman–Crippen LogP) is 2.55. The molecule has 2 heteroatoms. The molecule has 1 aromatic carbocycles. The molecule has 2 rings (SSSR count). The maximum absolute atomic E-state index is 11.4. The van der Waals surface area contributed by atoms with E-state index in [1.54, 1.807) is 6.08 Å². The van der Waals surface area contributed by atoms with E-state index in [0.717, 1.165) is 17.5 Å². The highest BCUT2D eigenvalue weighted by molar-refractivity contribution is 6.45. The van der Waals surface area contributed by atoms with Crippen LogP contribution >= 0.6 is 11.6 Å². The quantitative estimate of drug-likeness (QED) is 0.597. The third-order valence-corrected chi connectivity index (χ3v) is 2.31. The molecule has 0 saturated carbocycles. The molecule has 0 bridgehead atoms. The lowest BCUT2D eigenvalue weighted by Gasteiger charge is -2.10. The molecule has 1 nitrogen and oxygen atoms in total. The van der Waals surface area contributed by atoms with Crippen molar-refractivity contribution in [3.8, 4) is 0 Å². The fourth-order valence-electron chi connectivity index (χ4n) is 1.34. The lowest BCUT2D eigenvalue weighted by Crippen LogP contribution is -2.08. The van der Waals surface area contributed by atoms with Crippen molar-refractivity contribution in [1.82, 2.24) is 0 Å². The Bertz CT molecular complexity index is 366. The highest BCUT2D eigenvalue weighted by Crippen LogP contribution is 2.22. The van der Waals surface area contributed by atoms with Crippen molar-refractivity contribution in [3.63, 3.8) is 0 Å². The average molecular weight is 179 g/mol. The molecule has 0 aliphatic heterocycles. The van der Waals surface area contributed by atoms with E-state index in [2.05, 4.69) is 0 Å². The summed E-state index contributed by atoms with van der Waals surface area (Å²) in [6, 6.07) is 7.55. The molecule has 0 unspecified atom stereocenters. The number of hydrogen-bond acceptors (Lipinski definition) is 1. The average Bonchev–Trinajstić information content (AvgIpc) is 2.12. The van der Waals surface area contributed by atoms with E-state index in [-0.39, 0.29) is 5.78 Å². The second-order valence-corrected chi connectivity index (χ2v) is 3.15. The summed E-state index contributed by atoms with van der Waals surface area (Å²) >= 11 is 5.71. The minimum absolute atomic E-state index is 0.0569. The maximum atomic E-state index is 11.4. The van der Waals surface area contributed by atoms with Crippen LogP contribution in [0.2, 0.25) is 0 Å². The zero-order valence-electron chi connectivity index (χ0n) is 6.38. The van der Waals surface area contributed by atoms with Gasteiger partial charge in [-0.1, -0.05) is 41.9 Å². The van der Waals surface area contributed by atoms with Gasteiger partial charge in [0.2, 0.25) is 5.78 Å². The SMILES string of the molecule is O=C1C(Cl)=CCc2ccccc21. The van der Waals surface area contributed by atoms with Crippen LogP contribution in [0.15, 0.2) is 35.4 Å². The molecular weight excluding hydrogens is 172 g/mol. The predicted molar refractivity (Wildman–Crippen MR) is 48.4 cm³/mol. The zero-order valence-corrected chi connectivity index (χ0v) is 7.14. The summed E-state index contributed by atoms with van der Waals surface area (Å²) in [5.41, 5.74) is 1.80. The topological polar surface area (TPSA) is 17.1 Å². The molecule has 0 heterocycles. The Kier molecular flexibility index (Phi) is 1.74.